The van der Waals surface area contributed by atoms with Crippen molar-refractivity contribution >= 4 is 24.0 Å². The smallest absolute Gasteiger partial charge is 0.408 e. The zero-order valence-corrected chi connectivity index (χ0v) is 24.5. The normalized spacial score (nSPS) is 13.6. The SMILES string of the molecule is CC(C)(C)OC(=O)N[C@@H](Cc1ccccc1)C(=O)NC(CO)NC(=O)[C@@H](Cc1ccccc1)NC(=O)OC(C)(C)C. The molecule has 0 saturated carbocycles. The molecule has 0 spiro atoms. The van der Waals surface area contributed by atoms with Crippen molar-refractivity contribution in [2.24, 2.45) is 0 Å². The van der Waals surface area contributed by atoms with Crippen LogP contribution in [-0.2, 0) is 31.9 Å². The van der Waals surface area contributed by atoms with Gasteiger partial charge < -0.3 is 35.8 Å². The zero-order chi connectivity index (χ0) is 30.6. The predicted octanol–water partition coefficient (Wildman–Crippen LogP) is 2.81. The molecule has 0 aliphatic heterocycles. The number of amides is 4. The number of benzene rings is 2. The van der Waals surface area contributed by atoms with E-state index in [0.29, 0.717) is 0 Å². The summed E-state index contributed by atoms with van der Waals surface area (Å²) in [6, 6.07) is 15.9. The number of carbonyl (C=O) groups is 4. The van der Waals surface area contributed by atoms with Crippen LogP contribution in [0, 0.1) is 0 Å². The number of carbonyl (C=O) groups excluding carboxylic acids is 4. The molecule has 2 aromatic rings. The van der Waals surface area contributed by atoms with Gasteiger partial charge in [-0.2, -0.15) is 0 Å². The van der Waals surface area contributed by atoms with Crippen molar-refractivity contribution < 1.29 is 33.8 Å². The fourth-order valence-electron chi connectivity index (χ4n) is 3.69. The van der Waals surface area contributed by atoms with Gasteiger partial charge in [-0.05, 0) is 52.7 Å². The Kier molecular flexibility index (Phi) is 12.1. The molecule has 0 radical (unpaired) electrons. The van der Waals surface area contributed by atoms with Crippen LogP contribution < -0.4 is 21.3 Å². The van der Waals surface area contributed by atoms with Gasteiger partial charge in [-0.3, -0.25) is 9.59 Å². The molecule has 11 heteroatoms. The van der Waals surface area contributed by atoms with E-state index in [2.05, 4.69) is 21.3 Å². The van der Waals surface area contributed by atoms with Gasteiger partial charge in [0.15, 0.2) is 0 Å². The minimum Gasteiger partial charge on any atom is -0.444 e. The van der Waals surface area contributed by atoms with Gasteiger partial charge in [0.25, 0.3) is 0 Å². The van der Waals surface area contributed by atoms with Gasteiger partial charge in [-0.1, -0.05) is 60.7 Å². The van der Waals surface area contributed by atoms with Crippen molar-refractivity contribution in [3.8, 4) is 0 Å². The Morgan fingerprint density at radius 1 is 0.634 bits per heavy atom. The standard InChI is InChI=1S/C30H42N4O7/c1-29(2,3)40-27(38)31-22(17-20-13-9-7-10-14-20)25(36)33-24(19-35)34-26(37)23(18-21-15-11-8-12-16-21)32-28(39)41-30(4,5)6/h7-16,22-24,35H,17-19H2,1-6H3,(H,31,38)(H,32,39)(H,33,36)(H,34,37)/t22-,23+,24?. The van der Waals surface area contributed by atoms with Crippen molar-refractivity contribution in [1.82, 2.24) is 21.3 Å². The molecule has 4 amide bonds. The van der Waals surface area contributed by atoms with Crippen LogP contribution in [0.3, 0.4) is 0 Å². The molecule has 0 fully saturated rings. The fourth-order valence-corrected chi connectivity index (χ4v) is 3.69. The number of aliphatic hydroxyl groups excluding tert-OH is 1. The van der Waals surface area contributed by atoms with Crippen molar-refractivity contribution in [2.75, 3.05) is 6.61 Å². The largest absolute Gasteiger partial charge is 0.444 e. The van der Waals surface area contributed by atoms with Crippen molar-refractivity contribution in [3.63, 3.8) is 0 Å². The lowest BCUT2D eigenvalue weighted by Gasteiger charge is -2.27. The molecular formula is C30H42N4O7. The predicted molar refractivity (Wildman–Crippen MR) is 154 cm³/mol. The van der Waals surface area contributed by atoms with Crippen LogP contribution in [0.25, 0.3) is 0 Å². The van der Waals surface area contributed by atoms with Gasteiger partial charge in [0.2, 0.25) is 11.8 Å². The van der Waals surface area contributed by atoms with Crippen LogP contribution in [-0.4, -0.2) is 65.2 Å². The number of hydrogen-bond acceptors (Lipinski definition) is 7. The molecule has 0 saturated heterocycles. The summed E-state index contributed by atoms with van der Waals surface area (Å²) in [5.41, 5.74) is -0.0153. The number of hydrogen-bond donors (Lipinski definition) is 5. The molecule has 0 aliphatic rings. The van der Waals surface area contributed by atoms with E-state index in [9.17, 15) is 24.3 Å². The summed E-state index contributed by atoms with van der Waals surface area (Å²) < 4.78 is 10.6. The fraction of sp³-hybridized carbons (Fsp3) is 0.467. The second-order valence-corrected chi connectivity index (χ2v) is 11.5. The highest BCUT2D eigenvalue weighted by molar-refractivity contribution is 5.88. The first-order chi connectivity index (χ1) is 19.1. The number of rotatable bonds is 11. The number of nitrogens with one attached hydrogen (secondary N) is 4. The Hall–Kier alpha value is -4.12. The maximum atomic E-state index is 13.3. The van der Waals surface area contributed by atoms with Gasteiger partial charge in [-0.25, -0.2) is 9.59 Å². The summed E-state index contributed by atoms with van der Waals surface area (Å²) in [6.45, 7) is 9.56. The second kappa shape index (κ2) is 15.0. The molecule has 41 heavy (non-hydrogen) atoms. The highest BCUT2D eigenvalue weighted by Gasteiger charge is 2.29. The summed E-state index contributed by atoms with van der Waals surface area (Å²) in [6.07, 6.45) is -2.53. The Balaban J connectivity index is 2.17. The highest BCUT2D eigenvalue weighted by atomic mass is 16.6. The van der Waals surface area contributed by atoms with E-state index < -0.39 is 60.1 Å². The molecule has 1 unspecified atom stereocenters. The van der Waals surface area contributed by atoms with Crippen LogP contribution in [0.5, 0.6) is 0 Å². The lowest BCUT2D eigenvalue weighted by Crippen LogP contribution is -2.59. The van der Waals surface area contributed by atoms with Crippen molar-refractivity contribution in [1.29, 1.82) is 0 Å². The quantitative estimate of drug-likeness (QED) is 0.260. The van der Waals surface area contributed by atoms with Gasteiger partial charge in [0.05, 0.1) is 6.61 Å². The first kappa shape index (κ1) is 33.1. The third kappa shape index (κ3) is 13.2. The Morgan fingerprint density at radius 3 is 1.27 bits per heavy atom. The summed E-state index contributed by atoms with van der Waals surface area (Å²) in [5.74, 6) is -1.31. The molecule has 0 heterocycles. The number of ether oxygens (including phenoxy) is 2. The van der Waals surface area contributed by atoms with Gasteiger partial charge in [0.1, 0.15) is 29.5 Å². The van der Waals surface area contributed by atoms with Crippen LogP contribution in [0.4, 0.5) is 9.59 Å². The highest BCUT2D eigenvalue weighted by Crippen LogP contribution is 2.10. The summed E-state index contributed by atoms with van der Waals surface area (Å²) >= 11 is 0. The van der Waals surface area contributed by atoms with E-state index in [-0.39, 0.29) is 12.8 Å². The minimum absolute atomic E-state index is 0.134. The van der Waals surface area contributed by atoms with E-state index in [1.165, 1.54) is 0 Å². The molecule has 11 nitrogen and oxygen atoms in total. The van der Waals surface area contributed by atoms with Gasteiger partial charge >= 0.3 is 12.2 Å². The topological polar surface area (TPSA) is 155 Å². The molecule has 0 aromatic heterocycles. The molecule has 0 bridgehead atoms. The van der Waals surface area contributed by atoms with Crippen LogP contribution in [0.1, 0.15) is 52.7 Å². The summed E-state index contributed by atoms with van der Waals surface area (Å²) in [5, 5.41) is 20.2. The zero-order valence-electron chi connectivity index (χ0n) is 24.5. The lowest BCUT2D eigenvalue weighted by molar-refractivity contribution is -0.127. The lowest BCUT2D eigenvalue weighted by atomic mass is 10.0. The average molecular weight is 571 g/mol. The first-order valence-electron chi connectivity index (χ1n) is 13.4. The second-order valence-electron chi connectivity index (χ2n) is 11.5. The van der Waals surface area contributed by atoms with Gasteiger partial charge in [0, 0.05) is 12.8 Å². The van der Waals surface area contributed by atoms with E-state index in [1.54, 1.807) is 90.1 Å². The maximum Gasteiger partial charge on any atom is 0.408 e. The monoisotopic (exact) mass is 570 g/mol. The number of alkyl carbamates (subject to hydrolysis) is 2. The molecule has 5 N–H and O–H groups in total. The number of aliphatic hydroxyl groups is 1. The van der Waals surface area contributed by atoms with Gasteiger partial charge in [-0.15, -0.1) is 0 Å². The summed E-state index contributed by atoms with van der Waals surface area (Å²) in [4.78, 5) is 51.5. The molecule has 2 aromatic carbocycles. The Bertz CT molecular complexity index is 1060. The average Bonchev–Trinajstić information content (AvgIpc) is 2.86. The minimum atomic E-state index is -1.22. The van der Waals surface area contributed by atoms with Crippen molar-refractivity contribution in [2.45, 2.75) is 83.8 Å². The molecular weight excluding hydrogens is 528 g/mol. The Labute approximate surface area is 241 Å². The van der Waals surface area contributed by atoms with E-state index in [0.717, 1.165) is 11.1 Å². The molecule has 224 valence electrons. The van der Waals surface area contributed by atoms with Crippen molar-refractivity contribution in [3.05, 3.63) is 71.8 Å². The molecule has 2 rings (SSSR count). The van der Waals surface area contributed by atoms with E-state index in [4.69, 9.17) is 9.47 Å². The van der Waals surface area contributed by atoms with E-state index >= 15 is 0 Å². The van der Waals surface area contributed by atoms with Crippen LogP contribution >= 0.6 is 0 Å². The van der Waals surface area contributed by atoms with Crippen LogP contribution in [0.2, 0.25) is 0 Å². The maximum absolute atomic E-state index is 13.3. The third-order valence-corrected chi connectivity index (χ3v) is 5.40. The molecule has 0 aliphatic carbocycles. The summed E-state index contributed by atoms with van der Waals surface area (Å²) in [7, 11) is 0. The molecule has 3 atom stereocenters. The third-order valence-electron chi connectivity index (χ3n) is 5.40. The first-order valence-corrected chi connectivity index (χ1v) is 13.4. The van der Waals surface area contributed by atoms with Crippen LogP contribution in [0.15, 0.2) is 60.7 Å². The van der Waals surface area contributed by atoms with E-state index in [1.807, 2.05) is 12.1 Å². The Morgan fingerprint density at radius 2 is 0.976 bits per heavy atom.